The molecule has 0 aliphatic heterocycles. The van der Waals surface area contributed by atoms with E-state index in [1.165, 1.54) is 30.4 Å². The van der Waals surface area contributed by atoms with Crippen LogP contribution in [0.2, 0.25) is 0 Å². The van der Waals surface area contributed by atoms with Gasteiger partial charge in [0.15, 0.2) is 0 Å². The van der Waals surface area contributed by atoms with E-state index in [4.69, 9.17) is 5.73 Å². The lowest BCUT2D eigenvalue weighted by atomic mass is 10.00. The van der Waals surface area contributed by atoms with E-state index in [0.29, 0.717) is 6.54 Å². The average Bonchev–Trinajstić information content (AvgIpc) is 2.29. The molecule has 98 valence electrons. The fraction of sp³-hybridized carbons (Fsp3) is 0.625. The van der Waals surface area contributed by atoms with Gasteiger partial charge in [0.2, 0.25) is 0 Å². The van der Waals surface area contributed by atoms with Crippen molar-refractivity contribution in [3.63, 3.8) is 0 Å². The molecule has 1 nitrogen and oxygen atoms in total. The second kappa shape index (κ2) is 10.3. The van der Waals surface area contributed by atoms with Crippen molar-refractivity contribution in [3.05, 3.63) is 35.5 Å². The molecule has 17 heavy (non-hydrogen) atoms. The van der Waals surface area contributed by atoms with Gasteiger partial charge in [-0.05, 0) is 45.4 Å². The van der Waals surface area contributed by atoms with Crippen LogP contribution in [-0.2, 0) is 0 Å². The highest BCUT2D eigenvalue weighted by Crippen LogP contribution is 2.13. The van der Waals surface area contributed by atoms with Gasteiger partial charge < -0.3 is 5.73 Å². The molecule has 0 amide bonds. The standard InChI is InChI=1S/C16H29N/c1-5-14(2)8-6-9-15(3)10-7-11-16(4)12-13-17/h7-8,11-12,15H,5-6,9-10,13,17H2,1-4H3. The first-order valence-electron chi connectivity index (χ1n) is 6.79. The molecule has 0 rings (SSSR count). The van der Waals surface area contributed by atoms with E-state index in [1.807, 2.05) is 0 Å². The van der Waals surface area contributed by atoms with Gasteiger partial charge in [-0.1, -0.05) is 49.3 Å². The highest BCUT2D eigenvalue weighted by atomic mass is 14.5. The summed E-state index contributed by atoms with van der Waals surface area (Å²) in [5, 5.41) is 0. The van der Waals surface area contributed by atoms with Crippen molar-refractivity contribution in [2.75, 3.05) is 6.54 Å². The maximum absolute atomic E-state index is 5.45. The second-order valence-electron chi connectivity index (χ2n) is 4.91. The summed E-state index contributed by atoms with van der Waals surface area (Å²) >= 11 is 0. The van der Waals surface area contributed by atoms with Crippen LogP contribution in [0.5, 0.6) is 0 Å². The molecule has 0 aromatic heterocycles. The zero-order valence-electron chi connectivity index (χ0n) is 12.0. The quantitative estimate of drug-likeness (QED) is 0.482. The Kier molecular flexibility index (Phi) is 9.84. The van der Waals surface area contributed by atoms with Crippen molar-refractivity contribution in [1.29, 1.82) is 0 Å². The van der Waals surface area contributed by atoms with Gasteiger partial charge in [-0.25, -0.2) is 0 Å². The van der Waals surface area contributed by atoms with Gasteiger partial charge in [-0.15, -0.1) is 0 Å². The summed E-state index contributed by atoms with van der Waals surface area (Å²) in [6.45, 7) is 9.48. The highest BCUT2D eigenvalue weighted by molar-refractivity contribution is 5.16. The maximum atomic E-state index is 5.45. The maximum Gasteiger partial charge on any atom is 0.0112 e. The SMILES string of the molecule is CCC(C)=CCCC(C)CC=CC(C)=CCN. The van der Waals surface area contributed by atoms with Crippen LogP contribution in [0.3, 0.4) is 0 Å². The van der Waals surface area contributed by atoms with Gasteiger partial charge >= 0.3 is 0 Å². The lowest BCUT2D eigenvalue weighted by molar-refractivity contribution is 0.545. The smallest absolute Gasteiger partial charge is 0.0112 e. The monoisotopic (exact) mass is 235 g/mol. The summed E-state index contributed by atoms with van der Waals surface area (Å²) < 4.78 is 0. The Labute approximate surface area is 107 Å². The van der Waals surface area contributed by atoms with E-state index >= 15 is 0 Å². The highest BCUT2D eigenvalue weighted by Gasteiger charge is 1.98. The number of hydrogen-bond acceptors (Lipinski definition) is 1. The molecule has 0 aliphatic carbocycles. The minimum Gasteiger partial charge on any atom is -0.327 e. The Bertz CT molecular complexity index is 271. The first kappa shape index (κ1) is 16.2. The van der Waals surface area contributed by atoms with Crippen LogP contribution in [0.1, 0.15) is 53.4 Å². The van der Waals surface area contributed by atoms with Crippen LogP contribution >= 0.6 is 0 Å². The molecule has 0 bridgehead atoms. The van der Waals surface area contributed by atoms with E-state index in [2.05, 4.69) is 52.0 Å². The van der Waals surface area contributed by atoms with Crippen LogP contribution in [0.4, 0.5) is 0 Å². The van der Waals surface area contributed by atoms with E-state index in [1.54, 1.807) is 0 Å². The van der Waals surface area contributed by atoms with Gasteiger partial charge in [0.05, 0.1) is 0 Å². The molecule has 0 spiro atoms. The zero-order valence-corrected chi connectivity index (χ0v) is 12.0. The number of nitrogens with two attached hydrogens (primary N) is 1. The topological polar surface area (TPSA) is 26.0 Å². The average molecular weight is 235 g/mol. The first-order chi connectivity index (χ1) is 8.10. The second-order valence-corrected chi connectivity index (χ2v) is 4.91. The van der Waals surface area contributed by atoms with E-state index in [9.17, 15) is 0 Å². The molecule has 0 fully saturated rings. The van der Waals surface area contributed by atoms with Gasteiger partial charge in [0.25, 0.3) is 0 Å². The summed E-state index contributed by atoms with van der Waals surface area (Å²) in [6, 6.07) is 0. The lowest BCUT2D eigenvalue weighted by Gasteiger charge is -2.06. The van der Waals surface area contributed by atoms with Crippen molar-refractivity contribution < 1.29 is 0 Å². The Morgan fingerprint density at radius 3 is 2.53 bits per heavy atom. The van der Waals surface area contributed by atoms with Crippen molar-refractivity contribution in [1.82, 2.24) is 0 Å². The molecule has 0 aromatic carbocycles. The molecule has 0 saturated heterocycles. The normalized spacial score (nSPS) is 15.6. The van der Waals surface area contributed by atoms with Crippen molar-refractivity contribution in [2.45, 2.75) is 53.4 Å². The van der Waals surface area contributed by atoms with Crippen LogP contribution in [-0.4, -0.2) is 6.54 Å². The number of rotatable bonds is 8. The molecule has 0 aliphatic rings. The molecule has 0 saturated carbocycles. The largest absolute Gasteiger partial charge is 0.327 e. The van der Waals surface area contributed by atoms with Crippen LogP contribution in [0.15, 0.2) is 35.5 Å². The fourth-order valence-corrected chi connectivity index (χ4v) is 1.62. The van der Waals surface area contributed by atoms with Gasteiger partial charge in [0, 0.05) is 6.54 Å². The fourth-order valence-electron chi connectivity index (χ4n) is 1.62. The summed E-state index contributed by atoms with van der Waals surface area (Å²) in [6.07, 6.45) is 13.7. The summed E-state index contributed by atoms with van der Waals surface area (Å²) in [7, 11) is 0. The van der Waals surface area contributed by atoms with Crippen molar-refractivity contribution in [3.8, 4) is 0 Å². The van der Waals surface area contributed by atoms with Gasteiger partial charge in [0.1, 0.15) is 0 Å². The first-order valence-corrected chi connectivity index (χ1v) is 6.79. The Morgan fingerprint density at radius 2 is 1.94 bits per heavy atom. The zero-order chi connectivity index (χ0) is 13.1. The molecule has 2 N–H and O–H groups in total. The molecular weight excluding hydrogens is 206 g/mol. The minimum absolute atomic E-state index is 0.632. The van der Waals surface area contributed by atoms with Gasteiger partial charge in [-0.3, -0.25) is 0 Å². The molecule has 0 aromatic rings. The van der Waals surface area contributed by atoms with E-state index in [0.717, 1.165) is 12.3 Å². The summed E-state index contributed by atoms with van der Waals surface area (Å²) in [5.74, 6) is 0.762. The molecule has 1 unspecified atom stereocenters. The lowest BCUT2D eigenvalue weighted by Crippen LogP contribution is -1.94. The molecule has 0 radical (unpaired) electrons. The van der Waals surface area contributed by atoms with E-state index in [-0.39, 0.29) is 0 Å². The Balaban J connectivity index is 3.80. The summed E-state index contributed by atoms with van der Waals surface area (Å²) in [4.78, 5) is 0. The number of allylic oxidation sites excluding steroid dienone is 5. The molecule has 0 heterocycles. The molecule has 1 atom stereocenters. The van der Waals surface area contributed by atoms with E-state index < -0.39 is 0 Å². The Morgan fingerprint density at radius 1 is 1.24 bits per heavy atom. The van der Waals surface area contributed by atoms with Gasteiger partial charge in [-0.2, -0.15) is 0 Å². The minimum atomic E-state index is 0.632. The van der Waals surface area contributed by atoms with Crippen LogP contribution < -0.4 is 5.73 Å². The van der Waals surface area contributed by atoms with Crippen molar-refractivity contribution in [2.24, 2.45) is 11.7 Å². The third kappa shape index (κ3) is 10.1. The van der Waals surface area contributed by atoms with Crippen LogP contribution in [0, 0.1) is 5.92 Å². The van der Waals surface area contributed by atoms with Crippen molar-refractivity contribution >= 4 is 0 Å². The third-order valence-corrected chi connectivity index (χ3v) is 3.07. The predicted molar refractivity (Wildman–Crippen MR) is 79.0 cm³/mol. The van der Waals surface area contributed by atoms with Crippen LogP contribution in [0.25, 0.3) is 0 Å². The Hall–Kier alpha value is -0.820. The third-order valence-electron chi connectivity index (χ3n) is 3.07. The molecular formula is C16H29N. The number of hydrogen-bond donors (Lipinski definition) is 1. The summed E-state index contributed by atoms with van der Waals surface area (Å²) in [5.41, 5.74) is 8.23. The predicted octanol–water partition coefficient (Wildman–Crippen LogP) is 4.61. The molecule has 1 heteroatoms.